The van der Waals surface area contributed by atoms with Gasteiger partial charge in [0.2, 0.25) is 0 Å². The maximum Gasteiger partial charge on any atom is 0.347 e. The Labute approximate surface area is 135 Å². The zero-order valence-corrected chi connectivity index (χ0v) is 12.7. The molecule has 0 bridgehead atoms. The molecule has 0 aliphatic rings. The van der Waals surface area contributed by atoms with Gasteiger partial charge < -0.3 is 9.47 Å². The molecule has 0 radical (unpaired) electrons. The number of rotatable bonds is 4. The summed E-state index contributed by atoms with van der Waals surface area (Å²) in [4.78, 5) is 12.4. The summed E-state index contributed by atoms with van der Waals surface area (Å²) in [7, 11) is 0. The maximum atomic E-state index is 12.4. The van der Waals surface area contributed by atoms with Gasteiger partial charge in [-0.15, -0.1) is 0 Å². The fourth-order valence-corrected chi connectivity index (χ4v) is 2.18. The Morgan fingerprint density at radius 2 is 1.48 bits per heavy atom. The molecular formula is C20H16O3. The molecular weight excluding hydrogens is 288 g/mol. The van der Waals surface area contributed by atoms with Gasteiger partial charge in [-0.05, 0) is 48.9 Å². The van der Waals surface area contributed by atoms with Crippen LogP contribution in [0.15, 0.2) is 78.9 Å². The van der Waals surface area contributed by atoms with E-state index in [9.17, 15) is 4.79 Å². The topological polar surface area (TPSA) is 35.5 Å². The number of hydrogen-bond donors (Lipinski definition) is 0. The van der Waals surface area contributed by atoms with Crippen molar-refractivity contribution in [2.45, 2.75) is 6.92 Å². The molecule has 0 spiro atoms. The van der Waals surface area contributed by atoms with Crippen LogP contribution < -0.4 is 9.47 Å². The van der Waals surface area contributed by atoms with Crippen LogP contribution in [0.25, 0.3) is 0 Å². The van der Waals surface area contributed by atoms with Crippen LogP contribution in [0, 0.1) is 6.92 Å². The highest BCUT2D eigenvalue weighted by Gasteiger charge is 2.15. The minimum absolute atomic E-state index is 0.387. The molecule has 3 heteroatoms. The Morgan fingerprint density at radius 1 is 0.783 bits per heavy atom. The molecule has 0 saturated heterocycles. The van der Waals surface area contributed by atoms with Crippen molar-refractivity contribution in [1.29, 1.82) is 0 Å². The highest BCUT2D eigenvalue weighted by molar-refractivity contribution is 5.94. The summed E-state index contributed by atoms with van der Waals surface area (Å²) in [5.41, 5.74) is 1.42. The quantitative estimate of drug-likeness (QED) is 0.502. The predicted octanol–water partition coefficient (Wildman–Crippen LogP) is 5.01. The van der Waals surface area contributed by atoms with Crippen LogP contribution in [0.3, 0.4) is 0 Å². The smallest absolute Gasteiger partial charge is 0.347 e. The van der Waals surface area contributed by atoms with E-state index in [1.807, 2.05) is 61.5 Å². The Morgan fingerprint density at radius 3 is 2.26 bits per heavy atom. The molecule has 0 saturated carbocycles. The van der Waals surface area contributed by atoms with Gasteiger partial charge in [0, 0.05) is 0 Å². The molecule has 0 atom stereocenters. The minimum atomic E-state index is -0.442. The van der Waals surface area contributed by atoms with Crippen LogP contribution in [0.5, 0.6) is 17.2 Å². The summed E-state index contributed by atoms with van der Waals surface area (Å²) in [6.07, 6.45) is 0. The number of carbonyl (C=O) groups is 1. The zero-order valence-electron chi connectivity index (χ0n) is 12.7. The SMILES string of the molecule is Cc1cccc(OC(=O)c2ccccc2Oc2ccccc2)c1. The fraction of sp³-hybridized carbons (Fsp3) is 0.0500. The number of carbonyl (C=O) groups excluding carboxylic acids is 1. The first kappa shape index (κ1) is 14.9. The molecule has 3 rings (SSSR count). The summed E-state index contributed by atoms with van der Waals surface area (Å²) in [5, 5.41) is 0. The van der Waals surface area contributed by atoms with E-state index in [1.165, 1.54) is 0 Å². The molecule has 0 unspecified atom stereocenters. The third-order valence-electron chi connectivity index (χ3n) is 3.28. The molecule has 3 aromatic rings. The lowest BCUT2D eigenvalue weighted by molar-refractivity contribution is 0.0732. The Bertz CT molecular complexity index is 810. The van der Waals surface area contributed by atoms with Gasteiger partial charge in [0.15, 0.2) is 0 Å². The second-order valence-corrected chi connectivity index (χ2v) is 5.12. The standard InChI is InChI=1S/C20H16O3/c1-15-8-7-11-17(14-15)23-20(21)18-12-5-6-13-19(18)22-16-9-3-2-4-10-16/h2-14H,1H3. The van der Waals surface area contributed by atoms with Crippen molar-refractivity contribution < 1.29 is 14.3 Å². The van der Waals surface area contributed by atoms with Gasteiger partial charge in [0.05, 0.1) is 0 Å². The predicted molar refractivity (Wildman–Crippen MR) is 89.1 cm³/mol. The summed E-state index contributed by atoms with van der Waals surface area (Å²) < 4.78 is 11.2. The first-order valence-electron chi connectivity index (χ1n) is 7.33. The number of aryl methyl sites for hydroxylation is 1. The van der Waals surface area contributed by atoms with E-state index >= 15 is 0 Å². The van der Waals surface area contributed by atoms with Gasteiger partial charge in [0.25, 0.3) is 0 Å². The number of ether oxygens (including phenoxy) is 2. The fourth-order valence-electron chi connectivity index (χ4n) is 2.18. The molecule has 0 aromatic heterocycles. The molecule has 0 fully saturated rings. The summed E-state index contributed by atoms with van der Waals surface area (Å²) in [6, 6.07) is 23.8. The third kappa shape index (κ3) is 3.77. The molecule has 0 N–H and O–H groups in total. The van der Waals surface area contributed by atoms with Gasteiger partial charge in [-0.3, -0.25) is 0 Å². The van der Waals surface area contributed by atoms with Gasteiger partial charge in [-0.2, -0.15) is 0 Å². The monoisotopic (exact) mass is 304 g/mol. The van der Waals surface area contributed by atoms with Gasteiger partial charge in [0.1, 0.15) is 22.8 Å². The van der Waals surface area contributed by atoms with E-state index in [-0.39, 0.29) is 0 Å². The van der Waals surface area contributed by atoms with Crippen molar-refractivity contribution in [2.75, 3.05) is 0 Å². The highest BCUT2D eigenvalue weighted by Crippen LogP contribution is 2.26. The van der Waals surface area contributed by atoms with Gasteiger partial charge >= 0.3 is 5.97 Å². The second kappa shape index (κ2) is 6.79. The largest absolute Gasteiger partial charge is 0.456 e. The van der Waals surface area contributed by atoms with E-state index in [0.717, 1.165) is 5.56 Å². The number of benzene rings is 3. The number of para-hydroxylation sites is 2. The molecule has 0 aliphatic carbocycles. The Balaban J connectivity index is 1.83. The second-order valence-electron chi connectivity index (χ2n) is 5.12. The normalized spacial score (nSPS) is 10.1. The van der Waals surface area contributed by atoms with Gasteiger partial charge in [-0.25, -0.2) is 4.79 Å². The van der Waals surface area contributed by atoms with E-state index < -0.39 is 5.97 Å². The van der Waals surface area contributed by atoms with Gasteiger partial charge in [-0.1, -0.05) is 42.5 Å². The average molecular weight is 304 g/mol. The number of hydrogen-bond acceptors (Lipinski definition) is 3. The average Bonchev–Trinajstić information content (AvgIpc) is 2.56. The molecule has 3 aromatic carbocycles. The van der Waals surface area contributed by atoms with E-state index in [1.54, 1.807) is 24.3 Å². The zero-order chi connectivity index (χ0) is 16.1. The lowest BCUT2D eigenvalue weighted by atomic mass is 10.2. The third-order valence-corrected chi connectivity index (χ3v) is 3.28. The van der Waals surface area contributed by atoms with Crippen molar-refractivity contribution >= 4 is 5.97 Å². The highest BCUT2D eigenvalue weighted by atomic mass is 16.5. The van der Waals surface area contributed by atoms with Crippen molar-refractivity contribution in [2.24, 2.45) is 0 Å². The summed E-state index contributed by atoms with van der Waals surface area (Å²) in [6.45, 7) is 1.95. The molecule has 23 heavy (non-hydrogen) atoms. The van der Waals surface area contributed by atoms with Crippen molar-refractivity contribution in [3.63, 3.8) is 0 Å². The van der Waals surface area contributed by atoms with Crippen LogP contribution in [0.2, 0.25) is 0 Å². The van der Waals surface area contributed by atoms with Crippen molar-refractivity contribution in [3.05, 3.63) is 90.0 Å². The molecule has 0 heterocycles. The van der Waals surface area contributed by atoms with E-state index in [0.29, 0.717) is 22.8 Å². The Hall–Kier alpha value is -3.07. The summed E-state index contributed by atoms with van der Waals surface area (Å²) >= 11 is 0. The minimum Gasteiger partial charge on any atom is -0.456 e. The van der Waals surface area contributed by atoms with Crippen LogP contribution in [-0.4, -0.2) is 5.97 Å². The van der Waals surface area contributed by atoms with Crippen molar-refractivity contribution in [3.8, 4) is 17.2 Å². The number of esters is 1. The first-order valence-corrected chi connectivity index (χ1v) is 7.33. The van der Waals surface area contributed by atoms with E-state index in [2.05, 4.69) is 0 Å². The maximum absolute atomic E-state index is 12.4. The molecule has 114 valence electrons. The molecule has 0 aliphatic heterocycles. The first-order chi connectivity index (χ1) is 11.2. The van der Waals surface area contributed by atoms with Crippen LogP contribution >= 0.6 is 0 Å². The summed E-state index contributed by atoms with van der Waals surface area (Å²) in [5.74, 6) is 1.21. The molecule has 3 nitrogen and oxygen atoms in total. The van der Waals surface area contributed by atoms with E-state index in [4.69, 9.17) is 9.47 Å². The van der Waals surface area contributed by atoms with Crippen LogP contribution in [0.4, 0.5) is 0 Å². The lowest BCUT2D eigenvalue weighted by Gasteiger charge is -2.11. The van der Waals surface area contributed by atoms with Crippen LogP contribution in [-0.2, 0) is 0 Å². The lowest BCUT2D eigenvalue weighted by Crippen LogP contribution is -2.10. The molecule has 0 amide bonds. The van der Waals surface area contributed by atoms with Crippen molar-refractivity contribution in [1.82, 2.24) is 0 Å². The van der Waals surface area contributed by atoms with Crippen LogP contribution in [0.1, 0.15) is 15.9 Å². The Kier molecular flexibility index (Phi) is 4.39.